The molecule has 14 heavy (non-hydrogen) atoms. The largest absolute Gasteiger partial charge is 0.335 e. The molecule has 0 amide bonds. The molecule has 0 atom stereocenters. The van der Waals surface area contributed by atoms with Crippen molar-refractivity contribution < 1.29 is 0 Å². The summed E-state index contributed by atoms with van der Waals surface area (Å²) in [5.41, 5.74) is 1.15. The number of hydrogen-bond donors (Lipinski definition) is 1. The van der Waals surface area contributed by atoms with Gasteiger partial charge in [0.25, 0.3) is 0 Å². The van der Waals surface area contributed by atoms with Crippen molar-refractivity contribution in [2.45, 2.75) is 45.2 Å². The zero-order valence-electron chi connectivity index (χ0n) is 9.30. The van der Waals surface area contributed by atoms with Gasteiger partial charge in [-0.2, -0.15) is 0 Å². The second-order valence-corrected chi connectivity index (χ2v) is 4.57. The molecule has 0 aromatic carbocycles. The van der Waals surface area contributed by atoms with Crippen molar-refractivity contribution in [2.24, 2.45) is 0 Å². The number of aryl methyl sites for hydroxylation is 2. The van der Waals surface area contributed by atoms with Crippen LogP contribution in [0.4, 0.5) is 0 Å². The fourth-order valence-corrected chi connectivity index (χ4v) is 1.84. The number of fused-ring (bicyclic) bond motifs is 1. The molecule has 0 spiro atoms. The quantitative estimate of drug-likeness (QED) is 0.774. The molecule has 0 saturated heterocycles. The van der Waals surface area contributed by atoms with Crippen molar-refractivity contribution in [1.82, 2.24) is 14.9 Å². The summed E-state index contributed by atoms with van der Waals surface area (Å²) in [6, 6.07) is 0. The Morgan fingerprint density at radius 2 is 2.21 bits per heavy atom. The molecule has 1 aromatic rings. The Labute approximate surface area is 85.5 Å². The lowest BCUT2D eigenvalue weighted by Crippen LogP contribution is -2.33. The van der Waals surface area contributed by atoms with Crippen LogP contribution in [-0.2, 0) is 18.5 Å². The van der Waals surface area contributed by atoms with E-state index in [1.54, 1.807) is 0 Å². The first-order valence-electron chi connectivity index (χ1n) is 5.39. The van der Waals surface area contributed by atoms with Gasteiger partial charge in [-0.1, -0.05) is 0 Å². The molecule has 1 N–H and O–H groups in total. The fraction of sp³-hybridized carbons (Fsp3) is 0.727. The smallest absolute Gasteiger partial charge is 0.109 e. The Hall–Kier alpha value is -0.830. The van der Waals surface area contributed by atoms with E-state index in [0.29, 0.717) is 0 Å². The van der Waals surface area contributed by atoms with Gasteiger partial charge in [0.2, 0.25) is 0 Å². The summed E-state index contributed by atoms with van der Waals surface area (Å²) in [7, 11) is 1.98. The highest BCUT2D eigenvalue weighted by Gasteiger charge is 2.23. The van der Waals surface area contributed by atoms with Crippen LogP contribution in [0.15, 0.2) is 6.20 Å². The minimum absolute atomic E-state index is 0.00958. The molecule has 0 bridgehead atoms. The van der Waals surface area contributed by atoms with Crippen LogP contribution in [0.5, 0.6) is 0 Å². The lowest BCUT2D eigenvalue weighted by Gasteiger charge is -2.21. The molecule has 0 saturated carbocycles. The van der Waals surface area contributed by atoms with Gasteiger partial charge < -0.3 is 9.88 Å². The van der Waals surface area contributed by atoms with Crippen LogP contribution in [0, 0.1) is 0 Å². The van der Waals surface area contributed by atoms with E-state index < -0.39 is 0 Å². The lowest BCUT2D eigenvalue weighted by molar-refractivity contribution is 0.432. The average molecular weight is 193 g/mol. The summed E-state index contributed by atoms with van der Waals surface area (Å²) < 4.78 is 2.30. The highest BCUT2D eigenvalue weighted by molar-refractivity contribution is 5.14. The van der Waals surface area contributed by atoms with Crippen molar-refractivity contribution in [3.63, 3.8) is 0 Å². The Balaban J connectivity index is 2.32. The van der Waals surface area contributed by atoms with E-state index in [1.807, 2.05) is 7.05 Å². The summed E-state index contributed by atoms with van der Waals surface area (Å²) in [5.74, 6) is 1.26. The number of nitrogens with zero attached hydrogens (tertiary/aromatic N) is 2. The Morgan fingerprint density at radius 3 is 2.86 bits per heavy atom. The second-order valence-electron chi connectivity index (χ2n) is 4.57. The van der Waals surface area contributed by atoms with Gasteiger partial charge in [0.05, 0.1) is 11.2 Å². The summed E-state index contributed by atoms with van der Waals surface area (Å²) in [4.78, 5) is 4.69. The summed E-state index contributed by atoms with van der Waals surface area (Å²) >= 11 is 0. The predicted molar refractivity (Wildman–Crippen MR) is 57.3 cm³/mol. The molecular weight excluding hydrogens is 174 g/mol. The van der Waals surface area contributed by atoms with Gasteiger partial charge in [0.15, 0.2) is 0 Å². The van der Waals surface area contributed by atoms with E-state index in [2.05, 4.69) is 29.9 Å². The predicted octanol–water partition coefficient (Wildman–Crippen LogP) is 1.67. The first kappa shape index (κ1) is 9.71. The summed E-state index contributed by atoms with van der Waals surface area (Å²) in [6.45, 7) is 5.48. The maximum Gasteiger partial charge on any atom is 0.109 e. The molecule has 0 radical (unpaired) electrons. The zero-order valence-corrected chi connectivity index (χ0v) is 9.30. The van der Waals surface area contributed by atoms with Gasteiger partial charge in [-0.15, -0.1) is 0 Å². The van der Waals surface area contributed by atoms with Crippen molar-refractivity contribution >= 4 is 0 Å². The standard InChI is InChI=1S/C11H19N3/c1-11(2,12-3)9-8-14-7-5-4-6-10(14)13-9/h8,12H,4-7H2,1-3H3. The number of nitrogens with one attached hydrogen (secondary N) is 1. The molecule has 1 aliphatic rings. The molecule has 1 aliphatic heterocycles. The van der Waals surface area contributed by atoms with Crippen LogP contribution >= 0.6 is 0 Å². The highest BCUT2D eigenvalue weighted by Crippen LogP contribution is 2.22. The Bertz CT molecular complexity index is 302. The second kappa shape index (κ2) is 3.39. The molecule has 2 rings (SSSR count). The van der Waals surface area contributed by atoms with Crippen molar-refractivity contribution in [3.05, 3.63) is 17.7 Å². The topological polar surface area (TPSA) is 29.9 Å². The van der Waals surface area contributed by atoms with E-state index in [1.165, 1.54) is 18.7 Å². The normalized spacial score (nSPS) is 16.8. The number of aromatic nitrogens is 2. The molecule has 2 heterocycles. The van der Waals surface area contributed by atoms with E-state index in [0.717, 1.165) is 18.7 Å². The molecule has 0 aliphatic carbocycles. The van der Waals surface area contributed by atoms with Crippen LogP contribution in [0.1, 0.15) is 38.2 Å². The minimum atomic E-state index is -0.00958. The minimum Gasteiger partial charge on any atom is -0.335 e. The van der Waals surface area contributed by atoms with Gasteiger partial charge >= 0.3 is 0 Å². The molecular formula is C11H19N3. The summed E-state index contributed by atoms with van der Waals surface area (Å²) in [5, 5.41) is 3.29. The number of imidazole rings is 1. The molecule has 0 fully saturated rings. The maximum absolute atomic E-state index is 4.69. The first-order chi connectivity index (χ1) is 6.63. The van der Waals surface area contributed by atoms with Gasteiger partial charge in [-0.05, 0) is 33.7 Å². The number of rotatable bonds is 2. The van der Waals surface area contributed by atoms with E-state index in [-0.39, 0.29) is 5.54 Å². The van der Waals surface area contributed by atoms with Gasteiger partial charge in [-0.25, -0.2) is 4.98 Å². The van der Waals surface area contributed by atoms with Crippen LogP contribution in [0.25, 0.3) is 0 Å². The van der Waals surface area contributed by atoms with Crippen LogP contribution in [0.2, 0.25) is 0 Å². The Kier molecular flexibility index (Phi) is 2.35. The highest BCUT2D eigenvalue weighted by atomic mass is 15.1. The van der Waals surface area contributed by atoms with Crippen LogP contribution in [-0.4, -0.2) is 16.6 Å². The maximum atomic E-state index is 4.69. The van der Waals surface area contributed by atoms with Crippen molar-refractivity contribution in [2.75, 3.05) is 7.05 Å². The van der Waals surface area contributed by atoms with Crippen molar-refractivity contribution in [3.8, 4) is 0 Å². The molecule has 3 heteroatoms. The van der Waals surface area contributed by atoms with Gasteiger partial charge in [-0.3, -0.25) is 0 Å². The first-order valence-corrected chi connectivity index (χ1v) is 5.39. The monoisotopic (exact) mass is 193 g/mol. The number of hydrogen-bond acceptors (Lipinski definition) is 2. The van der Waals surface area contributed by atoms with Gasteiger partial charge in [0, 0.05) is 19.2 Å². The van der Waals surface area contributed by atoms with E-state index >= 15 is 0 Å². The third kappa shape index (κ3) is 1.57. The SMILES string of the molecule is CNC(C)(C)c1cn2c(n1)CCCC2. The average Bonchev–Trinajstić information content (AvgIpc) is 2.61. The molecule has 1 aromatic heterocycles. The third-order valence-corrected chi connectivity index (χ3v) is 3.17. The fourth-order valence-electron chi connectivity index (χ4n) is 1.84. The lowest BCUT2D eigenvalue weighted by atomic mass is 10.0. The molecule has 78 valence electrons. The molecule has 0 unspecified atom stereocenters. The van der Waals surface area contributed by atoms with E-state index in [4.69, 9.17) is 4.98 Å². The Morgan fingerprint density at radius 1 is 1.43 bits per heavy atom. The van der Waals surface area contributed by atoms with E-state index in [9.17, 15) is 0 Å². The third-order valence-electron chi connectivity index (χ3n) is 3.17. The van der Waals surface area contributed by atoms with Crippen LogP contribution < -0.4 is 5.32 Å². The molecule has 3 nitrogen and oxygen atoms in total. The zero-order chi connectivity index (χ0) is 10.2. The van der Waals surface area contributed by atoms with Gasteiger partial charge in [0.1, 0.15) is 5.82 Å². The van der Waals surface area contributed by atoms with Crippen LogP contribution in [0.3, 0.4) is 0 Å². The summed E-state index contributed by atoms with van der Waals surface area (Å²) in [6.07, 6.45) is 5.92. The van der Waals surface area contributed by atoms with Crippen molar-refractivity contribution in [1.29, 1.82) is 0 Å².